The molecular weight excluding hydrogens is 278 g/mol. The second kappa shape index (κ2) is 6.53. The van der Waals surface area contributed by atoms with Gasteiger partial charge in [-0.05, 0) is 36.1 Å². The Labute approximate surface area is 121 Å². The molecule has 7 nitrogen and oxygen atoms in total. The lowest BCUT2D eigenvalue weighted by Gasteiger charge is -2.13. The number of carbonyl (C=O) groups excluding carboxylic acids is 1. The van der Waals surface area contributed by atoms with Crippen LogP contribution in [0.1, 0.15) is 32.1 Å². The van der Waals surface area contributed by atoms with E-state index in [1.807, 2.05) is 0 Å². The molecule has 20 heavy (non-hydrogen) atoms. The Hall–Kier alpha value is -1.15. The molecule has 1 aromatic heterocycles. The maximum absolute atomic E-state index is 12.0. The molecule has 1 amide bonds. The summed E-state index contributed by atoms with van der Waals surface area (Å²) in [6, 6.07) is 0. The van der Waals surface area contributed by atoms with Crippen molar-refractivity contribution < 1.29 is 9.53 Å². The fraction of sp³-hybridized carbons (Fsp3) is 0.833. The van der Waals surface area contributed by atoms with E-state index in [-0.39, 0.29) is 17.3 Å². The topological polar surface area (TPSA) is 81.9 Å². The molecule has 0 spiro atoms. The minimum Gasteiger partial charge on any atom is -0.376 e. The summed E-state index contributed by atoms with van der Waals surface area (Å²) in [5, 5.41) is 15.4. The van der Waals surface area contributed by atoms with Gasteiger partial charge in [-0.2, -0.15) is 0 Å². The third kappa shape index (κ3) is 3.29. The van der Waals surface area contributed by atoms with Gasteiger partial charge >= 0.3 is 0 Å². The second-order valence-corrected chi connectivity index (χ2v) is 6.34. The van der Waals surface area contributed by atoms with Crippen molar-refractivity contribution in [2.75, 3.05) is 13.2 Å². The predicted molar refractivity (Wildman–Crippen MR) is 73.3 cm³/mol. The van der Waals surface area contributed by atoms with E-state index in [4.69, 9.17) is 4.74 Å². The second-order valence-electron chi connectivity index (χ2n) is 5.17. The Kier molecular flexibility index (Phi) is 4.51. The maximum atomic E-state index is 12.0. The summed E-state index contributed by atoms with van der Waals surface area (Å²) in [6.07, 6.45) is 5.32. The molecule has 3 rings (SSSR count). The minimum atomic E-state index is -0.0910. The summed E-state index contributed by atoms with van der Waals surface area (Å²) in [6.45, 7) is 2.26. The molecule has 110 valence electrons. The average molecular weight is 297 g/mol. The third-order valence-corrected chi connectivity index (χ3v) is 4.87. The van der Waals surface area contributed by atoms with E-state index >= 15 is 0 Å². The van der Waals surface area contributed by atoms with Crippen LogP contribution < -0.4 is 5.32 Å². The van der Waals surface area contributed by atoms with Crippen LogP contribution in [-0.2, 0) is 16.1 Å². The molecule has 2 aliphatic rings. The number of amides is 1. The first kappa shape index (κ1) is 13.8. The van der Waals surface area contributed by atoms with Gasteiger partial charge in [0.1, 0.15) is 0 Å². The number of hydrogen-bond acceptors (Lipinski definition) is 6. The number of ether oxygens (including phenoxy) is 1. The molecule has 0 radical (unpaired) electrons. The van der Waals surface area contributed by atoms with Crippen molar-refractivity contribution in [3.63, 3.8) is 0 Å². The van der Waals surface area contributed by atoms with Crippen LogP contribution in [0, 0.1) is 0 Å². The van der Waals surface area contributed by atoms with E-state index in [0.29, 0.717) is 11.7 Å². The Morgan fingerprint density at radius 1 is 1.35 bits per heavy atom. The first-order valence-electron chi connectivity index (χ1n) is 7.15. The van der Waals surface area contributed by atoms with Gasteiger partial charge in [-0.15, -0.1) is 5.10 Å². The number of nitrogens with one attached hydrogen (secondary N) is 1. The van der Waals surface area contributed by atoms with Gasteiger partial charge in [0.25, 0.3) is 0 Å². The Morgan fingerprint density at radius 3 is 3.15 bits per heavy atom. The first-order valence-corrected chi connectivity index (χ1v) is 8.03. The normalized spacial score (nSPS) is 27.3. The molecular formula is C12H19N5O2S. The molecule has 0 aliphatic carbocycles. The van der Waals surface area contributed by atoms with E-state index in [0.717, 1.165) is 45.3 Å². The lowest BCUT2D eigenvalue weighted by atomic mass is 10.2. The standard InChI is InChI=1S/C12H19N5O2S/c18-11-10(5-1-2-6-13-11)20-12-14-15-16-17(12)8-9-4-3-7-19-9/h9-10H,1-8H2,(H,13,18)/t9-,10+/m1/s1. The van der Waals surface area contributed by atoms with Crippen molar-refractivity contribution in [3.05, 3.63) is 0 Å². The lowest BCUT2D eigenvalue weighted by Crippen LogP contribution is -2.31. The fourth-order valence-electron chi connectivity index (χ4n) is 2.53. The molecule has 0 bridgehead atoms. The summed E-state index contributed by atoms with van der Waals surface area (Å²) in [5.41, 5.74) is 0. The molecule has 0 unspecified atom stereocenters. The highest BCUT2D eigenvalue weighted by atomic mass is 32.2. The Balaban J connectivity index is 1.64. The number of tetrazole rings is 1. The molecule has 3 heterocycles. The summed E-state index contributed by atoms with van der Waals surface area (Å²) in [7, 11) is 0. The quantitative estimate of drug-likeness (QED) is 0.877. The predicted octanol–water partition coefficient (Wildman–Crippen LogP) is 0.613. The summed E-state index contributed by atoms with van der Waals surface area (Å²) < 4.78 is 7.37. The molecule has 8 heteroatoms. The highest BCUT2D eigenvalue weighted by Crippen LogP contribution is 2.26. The van der Waals surface area contributed by atoms with Gasteiger partial charge in [0.2, 0.25) is 11.1 Å². The monoisotopic (exact) mass is 297 g/mol. The van der Waals surface area contributed by atoms with Crippen LogP contribution in [-0.4, -0.2) is 50.6 Å². The van der Waals surface area contributed by atoms with Gasteiger partial charge in [0, 0.05) is 13.2 Å². The number of rotatable bonds is 4. The SMILES string of the molecule is O=C1NCCCC[C@@H]1Sc1nnnn1C[C@H]1CCCO1. The van der Waals surface area contributed by atoms with Crippen LogP contribution in [0.2, 0.25) is 0 Å². The molecule has 2 atom stereocenters. The zero-order valence-corrected chi connectivity index (χ0v) is 12.1. The molecule has 2 fully saturated rings. The molecule has 1 aromatic rings. The Bertz CT molecular complexity index is 460. The van der Waals surface area contributed by atoms with E-state index in [1.54, 1.807) is 4.68 Å². The summed E-state index contributed by atoms with van der Waals surface area (Å²) in [4.78, 5) is 12.0. The van der Waals surface area contributed by atoms with E-state index < -0.39 is 0 Å². The molecule has 0 saturated carbocycles. The van der Waals surface area contributed by atoms with Crippen LogP contribution in [0.3, 0.4) is 0 Å². The fourth-order valence-corrected chi connectivity index (χ4v) is 3.57. The Morgan fingerprint density at radius 2 is 2.30 bits per heavy atom. The van der Waals surface area contributed by atoms with Gasteiger partial charge in [-0.3, -0.25) is 4.79 Å². The van der Waals surface area contributed by atoms with Gasteiger partial charge in [-0.1, -0.05) is 18.2 Å². The number of nitrogens with zero attached hydrogens (tertiary/aromatic N) is 4. The lowest BCUT2D eigenvalue weighted by molar-refractivity contribution is -0.120. The summed E-state index contributed by atoms with van der Waals surface area (Å²) >= 11 is 1.46. The van der Waals surface area contributed by atoms with Crippen molar-refractivity contribution >= 4 is 17.7 Å². The van der Waals surface area contributed by atoms with Gasteiger partial charge in [0.05, 0.1) is 17.9 Å². The molecule has 2 saturated heterocycles. The van der Waals surface area contributed by atoms with Crippen molar-refractivity contribution in [1.82, 2.24) is 25.5 Å². The number of hydrogen-bond donors (Lipinski definition) is 1. The van der Waals surface area contributed by atoms with Gasteiger partial charge in [0.15, 0.2) is 0 Å². The van der Waals surface area contributed by atoms with E-state index in [9.17, 15) is 4.79 Å². The highest BCUT2D eigenvalue weighted by Gasteiger charge is 2.25. The van der Waals surface area contributed by atoms with Crippen LogP contribution in [0.5, 0.6) is 0 Å². The molecule has 1 N–H and O–H groups in total. The van der Waals surface area contributed by atoms with Crippen molar-refractivity contribution in [2.24, 2.45) is 0 Å². The van der Waals surface area contributed by atoms with Gasteiger partial charge in [-0.25, -0.2) is 4.68 Å². The maximum Gasteiger partial charge on any atom is 0.233 e. The number of thioether (sulfide) groups is 1. The summed E-state index contributed by atoms with van der Waals surface area (Å²) in [5.74, 6) is 0.0965. The van der Waals surface area contributed by atoms with Crippen molar-refractivity contribution in [3.8, 4) is 0 Å². The van der Waals surface area contributed by atoms with Crippen LogP contribution in [0.25, 0.3) is 0 Å². The van der Waals surface area contributed by atoms with Crippen molar-refractivity contribution in [1.29, 1.82) is 0 Å². The van der Waals surface area contributed by atoms with E-state index in [2.05, 4.69) is 20.8 Å². The van der Waals surface area contributed by atoms with Gasteiger partial charge < -0.3 is 10.1 Å². The van der Waals surface area contributed by atoms with Crippen LogP contribution >= 0.6 is 11.8 Å². The minimum absolute atomic E-state index is 0.0910. The van der Waals surface area contributed by atoms with Crippen molar-refractivity contribution in [2.45, 2.75) is 55.2 Å². The first-order chi connectivity index (χ1) is 9.83. The molecule has 2 aliphatic heterocycles. The smallest absolute Gasteiger partial charge is 0.233 e. The zero-order valence-electron chi connectivity index (χ0n) is 11.3. The van der Waals surface area contributed by atoms with Crippen LogP contribution in [0.4, 0.5) is 0 Å². The average Bonchev–Trinajstić information content (AvgIpc) is 3.05. The highest BCUT2D eigenvalue weighted by molar-refractivity contribution is 8.00. The largest absolute Gasteiger partial charge is 0.376 e. The number of aromatic nitrogens is 4. The zero-order chi connectivity index (χ0) is 13.8. The van der Waals surface area contributed by atoms with E-state index in [1.165, 1.54) is 11.8 Å². The molecule has 0 aromatic carbocycles. The van der Waals surface area contributed by atoms with Crippen LogP contribution in [0.15, 0.2) is 5.16 Å². The third-order valence-electron chi connectivity index (χ3n) is 3.63. The number of carbonyl (C=O) groups is 1.